The van der Waals surface area contributed by atoms with E-state index in [1.807, 2.05) is 31.2 Å². The van der Waals surface area contributed by atoms with Gasteiger partial charge in [-0.1, -0.05) is 41.9 Å². The van der Waals surface area contributed by atoms with E-state index in [1.54, 1.807) is 37.3 Å². The number of carbonyl (C=O) groups is 1. The van der Waals surface area contributed by atoms with Gasteiger partial charge in [0.05, 0.1) is 21.3 Å². The van der Waals surface area contributed by atoms with Crippen LogP contribution in [0, 0.1) is 6.92 Å². The molecule has 0 heterocycles. The zero-order chi connectivity index (χ0) is 22.4. The Hall–Kier alpha value is -3.03. The molecule has 0 aliphatic rings. The third kappa shape index (κ3) is 5.57. The zero-order valence-corrected chi connectivity index (χ0v) is 18.8. The third-order valence-corrected chi connectivity index (χ3v) is 6.72. The van der Waals surface area contributed by atoms with Crippen molar-refractivity contribution in [1.82, 2.24) is 0 Å². The van der Waals surface area contributed by atoms with E-state index >= 15 is 0 Å². The Labute approximate surface area is 187 Å². The summed E-state index contributed by atoms with van der Waals surface area (Å²) in [6, 6.07) is 20.4. The number of halogens is 1. The van der Waals surface area contributed by atoms with Crippen LogP contribution in [0.15, 0.2) is 77.7 Å². The molecule has 0 aromatic heterocycles. The second-order valence-electron chi connectivity index (χ2n) is 6.80. The summed E-state index contributed by atoms with van der Waals surface area (Å²) in [4.78, 5) is 12.4. The number of para-hydroxylation sites is 1. The Kier molecular flexibility index (Phi) is 7.20. The first-order chi connectivity index (χ1) is 14.8. The van der Waals surface area contributed by atoms with E-state index < -0.39 is 15.9 Å². The number of hydrogen-bond acceptors (Lipinski definition) is 4. The summed E-state index contributed by atoms with van der Waals surface area (Å²) in [6.45, 7) is 3.70. The summed E-state index contributed by atoms with van der Waals surface area (Å²) in [6.07, 6.45) is 0. The molecular formula is C23H23ClN2O4S. The van der Waals surface area contributed by atoms with Crippen molar-refractivity contribution in [2.24, 2.45) is 0 Å². The van der Waals surface area contributed by atoms with Crippen molar-refractivity contribution < 1.29 is 17.9 Å². The van der Waals surface area contributed by atoms with Crippen LogP contribution in [-0.2, 0) is 14.8 Å². The Morgan fingerprint density at radius 3 is 2.45 bits per heavy atom. The molecule has 0 radical (unpaired) electrons. The number of ether oxygens (including phenoxy) is 1. The van der Waals surface area contributed by atoms with E-state index in [-0.39, 0.29) is 28.8 Å². The van der Waals surface area contributed by atoms with Crippen LogP contribution in [0.3, 0.4) is 0 Å². The first-order valence-corrected chi connectivity index (χ1v) is 11.5. The Morgan fingerprint density at radius 2 is 1.77 bits per heavy atom. The van der Waals surface area contributed by atoms with Crippen LogP contribution in [0.25, 0.3) is 0 Å². The minimum Gasteiger partial charge on any atom is -0.484 e. The number of anilines is 2. The van der Waals surface area contributed by atoms with Gasteiger partial charge in [-0.25, -0.2) is 8.42 Å². The molecule has 0 saturated heterocycles. The van der Waals surface area contributed by atoms with Crippen LogP contribution in [0.1, 0.15) is 12.5 Å². The lowest BCUT2D eigenvalue weighted by molar-refractivity contribution is -0.118. The lowest BCUT2D eigenvalue weighted by atomic mass is 10.2. The molecule has 3 aromatic rings. The molecule has 0 saturated carbocycles. The maximum atomic E-state index is 13.2. The van der Waals surface area contributed by atoms with Gasteiger partial charge in [0.15, 0.2) is 6.61 Å². The number of sulfonamides is 1. The largest absolute Gasteiger partial charge is 0.484 e. The standard InChI is InChI=1S/C23H23ClN2O4S/c1-3-26(18-9-5-4-6-10-18)31(28,29)20-12-13-21(24)22(15-20)25-23(27)16-30-19-11-7-8-17(2)14-19/h4-15H,3,16H2,1-2H3,(H,25,27). The number of benzene rings is 3. The zero-order valence-electron chi connectivity index (χ0n) is 17.2. The van der Waals surface area contributed by atoms with Crippen molar-refractivity contribution in [3.05, 3.63) is 83.4 Å². The average Bonchev–Trinajstić information content (AvgIpc) is 2.75. The summed E-state index contributed by atoms with van der Waals surface area (Å²) >= 11 is 6.19. The molecule has 3 aromatic carbocycles. The smallest absolute Gasteiger partial charge is 0.264 e. The first-order valence-electron chi connectivity index (χ1n) is 9.68. The lowest BCUT2D eigenvalue weighted by Gasteiger charge is -2.23. The summed E-state index contributed by atoms with van der Waals surface area (Å²) in [5, 5.41) is 2.85. The van der Waals surface area contributed by atoms with Crippen LogP contribution in [0.2, 0.25) is 5.02 Å². The van der Waals surface area contributed by atoms with E-state index in [9.17, 15) is 13.2 Å². The number of nitrogens with zero attached hydrogens (tertiary/aromatic N) is 1. The molecule has 0 aliphatic carbocycles. The molecule has 0 bridgehead atoms. The van der Waals surface area contributed by atoms with Crippen molar-refractivity contribution in [3.63, 3.8) is 0 Å². The van der Waals surface area contributed by atoms with Crippen LogP contribution >= 0.6 is 11.6 Å². The van der Waals surface area contributed by atoms with Gasteiger partial charge in [0.1, 0.15) is 5.75 Å². The van der Waals surface area contributed by atoms with Crippen LogP contribution in [0.5, 0.6) is 5.75 Å². The predicted octanol–water partition coefficient (Wildman–Crippen LogP) is 4.88. The molecule has 1 amide bonds. The number of aryl methyl sites for hydroxylation is 1. The van der Waals surface area contributed by atoms with Crippen molar-refractivity contribution in [2.45, 2.75) is 18.7 Å². The highest BCUT2D eigenvalue weighted by Crippen LogP contribution is 2.29. The van der Waals surface area contributed by atoms with Gasteiger partial charge >= 0.3 is 0 Å². The van der Waals surface area contributed by atoms with E-state index in [4.69, 9.17) is 16.3 Å². The fourth-order valence-electron chi connectivity index (χ4n) is 3.01. The predicted molar refractivity (Wildman–Crippen MR) is 123 cm³/mol. The minimum atomic E-state index is -3.85. The van der Waals surface area contributed by atoms with E-state index in [2.05, 4.69) is 5.32 Å². The quantitative estimate of drug-likeness (QED) is 0.522. The van der Waals surface area contributed by atoms with Crippen LogP contribution in [-0.4, -0.2) is 27.5 Å². The highest BCUT2D eigenvalue weighted by molar-refractivity contribution is 7.92. The molecule has 162 valence electrons. The summed E-state index contributed by atoms with van der Waals surface area (Å²) in [5.74, 6) is 0.118. The second-order valence-corrected chi connectivity index (χ2v) is 9.07. The molecule has 3 rings (SSSR count). The molecule has 8 heteroatoms. The SMILES string of the molecule is CCN(c1ccccc1)S(=O)(=O)c1ccc(Cl)c(NC(=O)COc2cccc(C)c2)c1. The van der Waals surface area contributed by atoms with Gasteiger partial charge in [-0.2, -0.15) is 0 Å². The van der Waals surface area contributed by atoms with E-state index in [1.165, 1.54) is 22.5 Å². The molecule has 0 atom stereocenters. The molecule has 0 unspecified atom stereocenters. The van der Waals surface area contributed by atoms with E-state index in [0.717, 1.165) is 5.56 Å². The number of carbonyl (C=O) groups excluding carboxylic acids is 1. The molecule has 31 heavy (non-hydrogen) atoms. The number of hydrogen-bond donors (Lipinski definition) is 1. The van der Waals surface area contributed by atoms with Gasteiger partial charge in [0.2, 0.25) is 0 Å². The van der Waals surface area contributed by atoms with Gasteiger partial charge in [0.25, 0.3) is 15.9 Å². The first kappa shape index (κ1) is 22.7. The highest BCUT2D eigenvalue weighted by Gasteiger charge is 2.24. The van der Waals surface area contributed by atoms with Crippen molar-refractivity contribution in [1.29, 1.82) is 0 Å². The number of nitrogens with one attached hydrogen (secondary N) is 1. The minimum absolute atomic E-state index is 0.0255. The van der Waals surface area contributed by atoms with Gasteiger partial charge in [0, 0.05) is 6.54 Å². The maximum absolute atomic E-state index is 13.2. The topological polar surface area (TPSA) is 75.7 Å². The molecule has 0 aliphatic heterocycles. The maximum Gasteiger partial charge on any atom is 0.264 e. The summed E-state index contributed by atoms with van der Waals surface area (Å²) in [5.41, 5.74) is 1.76. The van der Waals surface area contributed by atoms with Gasteiger partial charge < -0.3 is 10.1 Å². The highest BCUT2D eigenvalue weighted by atomic mass is 35.5. The molecule has 0 fully saturated rings. The summed E-state index contributed by atoms with van der Waals surface area (Å²) < 4.78 is 33.2. The Morgan fingerprint density at radius 1 is 1.03 bits per heavy atom. The van der Waals surface area contributed by atoms with Crippen molar-refractivity contribution in [3.8, 4) is 5.75 Å². The molecule has 6 nitrogen and oxygen atoms in total. The Balaban J connectivity index is 1.78. The summed E-state index contributed by atoms with van der Waals surface area (Å²) in [7, 11) is -3.85. The van der Waals surface area contributed by atoms with Crippen LogP contribution < -0.4 is 14.4 Å². The van der Waals surface area contributed by atoms with Crippen molar-refractivity contribution in [2.75, 3.05) is 22.8 Å². The lowest BCUT2D eigenvalue weighted by Crippen LogP contribution is -2.30. The van der Waals surface area contributed by atoms with Crippen molar-refractivity contribution >= 4 is 38.9 Å². The molecule has 1 N–H and O–H groups in total. The van der Waals surface area contributed by atoms with Crippen LogP contribution in [0.4, 0.5) is 11.4 Å². The fraction of sp³-hybridized carbons (Fsp3) is 0.174. The molecular weight excluding hydrogens is 436 g/mol. The number of amides is 1. The fourth-order valence-corrected chi connectivity index (χ4v) is 4.68. The second kappa shape index (κ2) is 9.85. The normalized spacial score (nSPS) is 11.1. The van der Waals surface area contributed by atoms with Gasteiger partial charge in [-0.15, -0.1) is 0 Å². The monoisotopic (exact) mass is 458 g/mol. The molecule has 0 spiro atoms. The average molecular weight is 459 g/mol. The Bertz CT molecular complexity index is 1170. The third-order valence-electron chi connectivity index (χ3n) is 4.49. The van der Waals surface area contributed by atoms with E-state index in [0.29, 0.717) is 11.4 Å². The van der Waals surface area contributed by atoms with Gasteiger partial charge in [-0.05, 0) is 61.9 Å². The number of rotatable bonds is 8. The van der Waals surface area contributed by atoms with Gasteiger partial charge in [-0.3, -0.25) is 9.10 Å².